The lowest BCUT2D eigenvalue weighted by molar-refractivity contribution is 0.0628. The molecule has 2 aromatic carbocycles. The summed E-state index contributed by atoms with van der Waals surface area (Å²) >= 11 is 0. The predicted octanol–water partition coefficient (Wildman–Crippen LogP) is 3.10. The van der Waals surface area contributed by atoms with Crippen molar-refractivity contribution in [3.05, 3.63) is 81.1 Å². The number of aromatic nitrogens is 1. The first-order valence-electron chi connectivity index (χ1n) is 9.72. The molecule has 0 spiro atoms. The number of rotatable bonds is 3. The topological polar surface area (TPSA) is 56.4 Å². The minimum atomic E-state index is -0.0241. The van der Waals surface area contributed by atoms with Gasteiger partial charge in [-0.1, -0.05) is 30.3 Å². The average molecular weight is 375 g/mol. The van der Waals surface area contributed by atoms with Gasteiger partial charge < -0.3 is 9.88 Å². The Balaban J connectivity index is 1.45. The molecule has 0 aliphatic carbocycles. The Morgan fingerprint density at radius 2 is 1.71 bits per heavy atom. The van der Waals surface area contributed by atoms with Crippen molar-refractivity contribution in [1.82, 2.24) is 14.8 Å². The molecule has 1 amide bonds. The van der Waals surface area contributed by atoms with E-state index in [2.05, 4.69) is 28.9 Å². The number of carbonyl (C=O) groups is 1. The van der Waals surface area contributed by atoms with Gasteiger partial charge in [-0.3, -0.25) is 14.5 Å². The predicted molar refractivity (Wildman–Crippen MR) is 112 cm³/mol. The second-order valence-corrected chi connectivity index (χ2v) is 7.53. The van der Waals surface area contributed by atoms with Crippen LogP contribution >= 0.6 is 0 Å². The maximum Gasteiger partial charge on any atom is 0.253 e. The van der Waals surface area contributed by atoms with Crippen LogP contribution in [0, 0.1) is 13.8 Å². The van der Waals surface area contributed by atoms with Gasteiger partial charge in [-0.05, 0) is 48.6 Å². The van der Waals surface area contributed by atoms with Crippen LogP contribution in [0.3, 0.4) is 0 Å². The molecule has 0 radical (unpaired) electrons. The molecule has 5 nitrogen and oxygen atoms in total. The number of carbonyl (C=O) groups excluding carboxylic acids is 1. The van der Waals surface area contributed by atoms with Crippen molar-refractivity contribution in [3.63, 3.8) is 0 Å². The van der Waals surface area contributed by atoms with Crippen molar-refractivity contribution in [2.24, 2.45) is 0 Å². The summed E-state index contributed by atoms with van der Waals surface area (Å²) in [6, 6.07) is 15.6. The summed E-state index contributed by atoms with van der Waals surface area (Å²) in [7, 11) is 0. The third-order valence-electron chi connectivity index (χ3n) is 5.70. The summed E-state index contributed by atoms with van der Waals surface area (Å²) in [6.07, 6.45) is 0. The van der Waals surface area contributed by atoms with Crippen LogP contribution in [0.2, 0.25) is 0 Å². The highest BCUT2D eigenvalue weighted by Crippen LogP contribution is 2.19. The minimum absolute atomic E-state index is 0.0241. The van der Waals surface area contributed by atoms with Gasteiger partial charge in [-0.2, -0.15) is 0 Å². The second kappa shape index (κ2) is 7.60. The number of pyridine rings is 1. The van der Waals surface area contributed by atoms with Gasteiger partial charge in [-0.15, -0.1) is 0 Å². The number of hydrogen-bond donors (Lipinski definition) is 1. The van der Waals surface area contributed by atoms with Crippen molar-refractivity contribution in [3.8, 4) is 0 Å². The lowest BCUT2D eigenvalue weighted by Crippen LogP contribution is -2.48. The Kier molecular flexibility index (Phi) is 5.01. The number of piperazine rings is 1. The van der Waals surface area contributed by atoms with Crippen molar-refractivity contribution in [2.75, 3.05) is 26.2 Å². The fourth-order valence-electron chi connectivity index (χ4n) is 3.80. The molecule has 144 valence electrons. The van der Waals surface area contributed by atoms with E-state index >= 15 is 0 Å². The fraction of sp³-hybridized carbons (Fsp3) is 0.304. The molecule has 1 aromatic heterocycles. The zero-order valence-electron chi connectivity index (χ0n) is 16.4. The Hall–Kier alpha value is -2.92. The third-order valence-corrected chi connectivity index (χ3v) is 5.70. The standard InChI is InChI=1S/C23H25N3O2/c1-16-8-9-19-14-20(22(27)24-21(19)17(16)2)15-25-10-12-26(13-11-25)23(28)18-6-4-3-5-7-18/h3-9,14H,10-13,15H2,1-2H3,(H,24,27). The number of fused-ring (bicyclic) bond motifs is 1. The number of hydrogen-bond acceptors (Lipinski definition) is 3. The van der Waals surface area contributed by atoms with E-state index in [0.29, 0.717) is 19.6 Å². The van der Waals surface area contributed by atoms with Crippen LogP contribution in [0.5, 0.6) is 0 Å². The zero-order chi connectivity index (χ0) is 19.7. The number of nitrogens with zero attached hydrogens (tertiary/aromatic N) is 2. The maximum atomic E-state index is 12.6. The summed E-state index contributed by atoms with van der Waals surface area (Å²) in [5.41, 5.74) is 4.70. The summed E-state index contributed by atoms with van der Waals surface area (Å²) < 4.78 is 0. The van der Waals surface area contributed by atoms with Crippen LogP contribution in [-0.2, 0) is 6.54 Å². The van der Waals surface area contributed by atoms with Crippen molar-refractivity contribution >= 4 is 16.8 Å². The van der Waals surface area contributed by atoms with E-state index in [1.807, 2.05) is 48.2 Å². The number of H-pyrrole nitrogens is 1. The Labute approximate surface area is 164 Å². The van der Waals surface area contributed by atoms with Gasteiger partial charge in [0.2, 0.25) is 0 Å². The highest BCUT2D eigenvalue weighted by atomic mass is 16.2. The monoisotopic (exact) mass is 375 g/mol. The second-order valence-electron chi connectivity index (χ2n) is 7.53. The van der Waals surface area contributed by atoms with Crippen molar-refractivity contribution in [2.45, 2.75) is 20.4 Å². The molecule has 0 saturated carbocycles. The van der Waals surface area contributed by atoms with Gasteiger partial charge in [0.25, 0.3) is 11.5 Å². The molecule has 0 atom stereocenters. The van der Waals surface area contributed by atoms with E-state index < -0.39 is 0 Å². The lowest BCUT2D eigenvalue weighted by Gasteiger charge is -2.34. The first-order chi connectivity index (χ1) is 13.5. The van der Waals surface area contributed by atoms with Gasteiger partial charge >= 0.3 is 0 Å². The molecular weight excluding hydrogens is 350 g/mol. The van der Waals surface area contributed by atoms with Gasteiger partial charge in [0.15, 0.2) is 0 Å². The normalized spacial score (nSPS) is 15.1. The smallest absolute Gasteiger partial charge is 0.253 e. The molecule has 1 fully saturated rings. The van der Waals surface area contributed by atoms with E-state index in [-0.39, 0.29) is 11.5 Å². The molecule has 1 aliphatic rings. The lowest BCUT2D eigenvalue weighted by atomic mass is 10.0. The van der Waals surface area contributed by atoms with Crippen molar-refractivity contribution < 1.29 is 4.79 Å². The van der Waals surface area contributed by atoms with E-state index in [4.69, 9.17) is 0 Å². The number of nitrogens with one attached hydrogen (secondary N) is 1. The Bertz CT molecular complexity index is 1060. The highest BCUT2D eigenvalue weighted by molar-refractivity contribution is 5.94. The molecule has 0 bridgehead atoms. The van der Waals surface area contributed by atoms with Crippen LogP contribution in [0.4, 0.5) is 0 Å². The van der Waals surface area contributed by atoms with Gasteiger partial charge in [-0.25, -0.2) is 0 Å². The quantitative estimate of drug-likeness (QED) is 0.765. The summed E-state index contributed by atoms with van der Waals surface area (Å²) in [4.78, 5) is 32.4. The van der Waals surface area contributed by atoms with Crippen molar-refractivity contribution in [1.29, 1.82) is 0 Å². The molecule has 5 heteroatoms. The van der Waals surface area contributed by atoms with E-state index in [9.17, 15) is 9.59 Å². The summed E-state index contributed by atoms with van der Waals surface area (Å²) in [5.74, 6) is 0.0784. The summed E-state index contributed by atoms with van der Waals surface area (Å²) in [6.45, 7) is 7.58. The summed E-state index contributed by atoms with van der Waals surface area (Å²) in [5, 5.41) is 1.07. The van der Waals surface area contributed by atoms with E-state index in [1.54, 1.807) is 0 Å². The molecule has 4 rings (SSSR count). The van der Waals surface area contributed by atoms with E-state index in [1.165, 1.54) is 5.56 Å². The van der Waals surface area contributed by atoms with Gasteiger partial charge in [0.1, 0.15) is 0 Å². The number of benzene rings is 2. The molecule has 1 aliphatic heterocycles. The van der Waals surface area contributed by atoms with Crippen LogP contribution in [0.25, 0.3) is 10.9 Å². The Morgan fingerprint density at radius 3 is 2.43 bits per heavy atom. The van der Waals surface area contributed by atoms with Crippen LogP contribution in [0.15, 0.2) is 53.3 Å². The SMILES string of the molecule is Cc1ccc2cc(CN3CCN(C(=O)c4ccccc4)CC3)c(=O)[nH]c2c1C. The van der Waals surface area contributed by atoms with Crippen LogP contribution in [0.1, 0.15) is 27.0 Å². The average Bonchev–Trinajstić information content (AvgIpc) is 2.73. The Morgan fingerprint density at radius 1 is 1.00 bits per heavy atom. The van der Waals surface area contributed by atoms with Gasteiger partial charge in [0, 0.05) is 43.9 Å². The highest BCUT2D eigenvalue weighted by Gasteiger charge is 2.22. The van der Waals surface area contributed by atoms with E-state index in [0.717, 1.165) is 40.7 Å². The molecule has 3 aromatic rings. The minimum Gasteiger partial charge on any atom is -0.336 e. The maximum absolute atomic E-state index is 12.6. The van der Waals surface area contributed by atoms with Crippen LogP contribution in [-0.4, -0.2) is 46.9 Å². The first kappa shape index (κ1) is 18.4. The number of aryl methyl sites for hydroxylation is 2. The fourth-order valence-corrected chi connectivity index (χ4v) is 3.80. The number of aromatic amines is 1. The van der Waals surface area contributed by atoms with Gasteiger partial charge in [0.05, 0.1) is 5.52 Å². The number of amides is 1. The zero-order valence-corrected chi connectivity index (χ0v) is 16.4. The first-order valence-corrected chi connectivity index (χ1v) is 9.72. The van der Waals surface area contributed by atoms with Crippen LogP contribution < -0.4 is 5.56 Å². The molecule has 1 N–H and O–H groups in total. The largest absolute Gasteiger partial charge is 0.336 e. The molecule has 2 heterocycles. The molecule has 28 heavy (non-hydrogen) atoms. The molecule has 0 unspecified atom stereocenters. The molecule has 1 saturated heterocycles. The molecular formula is C23H25N3O2. The third kappa shape index (κ3) is 3.58.